The highest BCUT2D eigenvalue weighted by molar-refractivity contribution is 6.28. The molecule has 1 aromatic carbocycles. The molecule has 0 amide bonds. The van der Waals surface area contributed by atoms with Gasteiger partial charge in [0.15, 0.2) is 11.5 Å². The first-order valence-corrected chi connectivity index (χ1v) is 5.61. The van der Waals surface area contributed by atoms with E-state index in [2.05, 4.69) is 9.97 Å². The minimum absolute atomic E-state index is 0.0667. The number of fused-ring (bicyclic) bond motifs is 2. The van der Waals surface area contributed by atoms with E-state index in [1.807, 2.05) is 0 Å². The molecule has 2 aromatic rings. The van der Waals surface area contributed by atoms with Crippen LogP contribution < -0.4 is 15.0 Å². The van der Waals surface area contributed by atoms with Gasteiger partial charge in [0.1, 0.15) is 0 Å². The molecule has 17 heavy (non-hydrogen) atoms. The fourth-order valence-electron chi connectivity index (χ4n) is 1.77. The van der Waals surface area contributed by atoms with Gasteiger partial charge < -0.3 is 9.47 Å². The van der Waals surface area contributed by atoms with E-state index in [0.717, 1.165) is 6.42 Å². The van der Waals surface area contributed by atoms with Crippen LogP contribution in [0.5, 0.6) is 11.5 Å². The van der Waals surface area contributed by atoms with Crippen LogP contribution in [0.3, 0.4) is 0 Å². The summed E-state index contributed by atoms with van der Waals surface area (Å²) in [4.78, 5) is 18.2. The van der Waals surface area contributed by atoms with Gasteiger partial charge in [-0.15, -0.1) is 0 Å². The number of H-pyrrole nitrogens is 1. The van der Waals surface area contributed by atoms with Crippen LogP contribution in [0.15, 0.2) is 16.9 Å². The van der Waals surface area contributed by atoms with Gasteiger partial charge in [0.05, 0.1) is 24.1 Å². The van der Waals surface area contributed by atoms with Gasteiger partial charge in [-0.1, -0.05) is 0 Å². The Hall–Kier alpha value is -1.75. The molecule has 88 valence electrons. The van der Waals surface area contributed by atoms with E-state index in [4.69, 9.17) is 21.1 Å². The molecule has 0 saturated heterocycles. The number of nitrogens with one attached hydrogen (secondary N) is 1. The Morgan fingerprint density at radius 3 is 2.71 bits per heavy atom. The van der Waals surface area contributed by atoms with E-state index < -0.39 is 0 Å². The van der Waals surface area contributed by atoms with Crippen molar-refractivity contribution in [3.8, 4) is 11.5 Å². The first-order chi connectivity index (χ1) is 8.24. The maximum atomic E-state index is 11.7. The van der Waals surface area contributed by atoms with Crippen LogP contribution >= 0.6 is 11.6 Å². The Morgan fingerprint density at radius 1 is 1.24 bits per heavy atom. The van der Waals surface area contributed by atoms with Crippen LogP contribution in [0.25, 0.3) is 10.9 Å². The third-order valence-corrected chi connectivity index (χ3v) is 2.72. The predicted molar refractivity (Wildman–Crippen MR) is 63.0 cm³/mol. The second-order valence-electron chi connectivity index (χ2n) is 3.72. The van der Waals surface area contributed by atoms with E-state index in [9.17, 15) is 4.79 Å². The summed E-state index contributed by atoms with van der Waals surface area (Å²) in [5, 5.41) is 0.510. The lowest BCUT2D eigenvalue weighted by atomic mass is 10.2. The summed E-state index contributed by atoms with van der Waals surface area (Å²) in [6.45, 7) is 1.17. The molecule has 0 atom stereocenters. The van der Waals surface area contributed by atoms with Crippen molar-refractivity contribution in [1.82, 2.24) is 9.97 Å². The first-order valence-electron chi connectivity index (χ1n) is 5.23. The normalized spacial score (nSPS) is 14.6. The van der Waals surface area contributed by atoms with E-state index in [1.165, 1.54) is 0 Å². The molecule has 5 nitrogen and oxygen atoms in total. The predicted octanol–water partition coefficient (Wildman–Crippen LogP) is 1.74. The Labute approximate surface area is 101 Å². The Morgan fingerprint density at radius 2 is 1.94 bits per heavy atom. The van der Waals surface area contributed by atoms with Crippen molar-refractivity contribution in [3.05, 3.63) is 27.8 Å². The lowest BCUT2D eigenvalue weighted by Crippen LogP contribution is -2.08. The Kier molecular flexibility index (Phi) is 2.40. The number of aromatic amines is 1. The van der Waals surface area contributed by atoms with Gasteiger partial charge >= 0.3 is 0 Å². The largest absolute Gasteiger partial charge is 0.490 e. The van der Waals surface area contributed by atoms with Gasteiger partial charge in [0.25, 0.3) is 5.56 Å². The number of rotatable bonds is 0. The topological polar surface area (TPSA) is 64.2 Å². The van der Waals surface area contributed by atoms with Gasteiger partial charge in [-0.3, -0.25) is 9.78 Å². The standard InChI is InChI=1S/C11H9ClN2O3/c12-11-13-7-5-9-8(16-2-1-3-17-9)4-6(7)10(15)14-11/h4-5H,1-3H2,(H,13,14,15). The van der Waals surface area contributed by atoms with Crippen LogP contribution in [0, 0.1) is 0 Å². The molecule has 1 aromatic heterocycles. The molecule has 6 heteroatoms. The second-order valence-corrected chi connectivity index (χ2v) is 4.08. The quantitative estimate of drug-likeness (QED) is 0.726. The number of benzene rings is 1. The number of hydrogen-bond donors (Lipinski definition) is 1. The Bertz CT molecular complexity index is 638. The maximum absolute atomic E-state index is 11.7. The van der Waals surface area contributed by atoms with Crippen molar-refractivity contribution in [3.63, 3.8) is 0 Å². The van der Waals surface area contributed by atoms with Crippen molar-refractivity contribution in [2.75, 3.05) is 13.2 Å². The van der Waals surface area contributed by atoms with Crippen molar-refractivity contribution in [2.45, 2.75) is 6.42 Å². The lowest BCUT2D eigenvalue weighted by molar-refractivity contribution is 0.297. The van der Waals surface area contributed by atoms with Gasteiger partial charge in [-0.25, -0.2) is 4.98 Å². The van der Waals surface area contributed by atoms with Crippen molar-refractivity contribution in [2.24, 2.45) is 0 Å². The smallest absolute Gasteiger partial charge is 0.259 e. The summed E-state index contributed by atoms with van der Waals surface area (Å²) < 4.78 is 11.0. The zero-order chi connectivity index (χ0) is 11.8. The zero-order valence-electron chi connectivity index (χ0n) is 8.83. The molecule has 0 fully saturated rings. The molecule has 0 unspecified atom stereocenters. The third kappa shape index (κ3) is 1.82. The summed E-state index contributed by atoms with van der Waals surface area (Å²) in [7, 11) is 0. The maximum Gasteiger partial charge on any atom is 0.259 e. The van der Waals surface area contributed by atoms with E-state index in [-0.39, 0.29) is 10.8 Å². The monoisotopic (exact) mass is 252 g/mol. The number of aromatic nitrogens is 2. The second kappa shape index (κ2) is 3.92. The third-order valence-electron chi connectivity index (χ3n) is 2.55. The van der Waals surface area contributed by atoms with Gasteiger partial charge in [0, 0.05) is 12.5 Å². The highest BCUT2D eigenvalue weighted by Crippen LogP contribution is 2.32. The minimum atomic E-state index is -0.282. The highest BCUT2D eigenvalue weighted by Gasteiger charge is 2.14. The summed E-state index contributed by atoms with van der Waals surface area (Å²) in [6, 6.07) is 3.31. The van der Waals surface area contributed by atoms with Crippen LogP contribution in [0.1, 0.15) is 6.42 Å². The van der Waals surface area contributed by atoms with E-state index in [0.29, 0.717) is 35.6 Å². The summed E-state index contributed by atoms with van der Waals surface area (Å²) in [5.74, 6) is 1.17. The number of halogens is 1. The average molecular weight is 253 g/mol. The van der Waals surface area contributed by atoms with Crippen LogP contribution in [-0.4, -0.2) is 23.2 Å². The number of nitrogens with zero attached hydrogens (tertiary/aromatic N) is 1. The van der Waals surface area contributed by atoms with E-state index in [1.54, 1.807) is 12.1 Å². The van der Waals surface area contributed by atoms with Gasteiger partial charge in [-0.2, -0.15) is 0 Å². The van der Waals surface area contributed by atoms with Crippen molar-refractivity contribution < 1.29 is 9.47 Å². The average Bonchev–Trinajstić information content (AvgIpc) is 2.51. The molecule has 1 aliphatic rings. The molecule has 3 rings (SSSR count). The molecule has 0 spiro atoms. The number of ether oxygens (including phenoxy) is 2. The minimum Gasteiger partial charge on any atom is -0.490 e. The Balaban J connectivity index is 2.29. The fraction of sp³-hybridized carbons (Fsp3) is 0.273. The van der Waals surface area contributed by atoms with Crippen LogP contribution in [0.2, 0.25) is 5.28 Å². The van der Waals surface area contributed by atoms with Crippen LogP contribution in [0.4, 0.5) is 0 Å². The zero-order valence-corrected chi connectivity index (χ0v) is 9.58. The van der Waals surface area contributed by atoms with Crippen LogP contribution in [-0.2, 0) is 0 Å². The molecular weight excluding hydrogens is 244 g/mol. The molecule has 0 radical (unpaired) electrons. The highest BCUT2D eigenvalue weighted by atomic mass is 35.5. The molecule has 1 aliphatic heterocycles. The summed E-state index contributed by atoms with van der Waals surface area (Å²) >= 11 is 5.70. The summed E-state index contributed by atoms with van der Waals surface area (Å²) in [5.41, 5.74) is 0.221. The molecule has 0 bridgehead atoms. The van der Waals surface area contributed by atoms with Crippen molar-refractivity contribution >= 4 is 22.5 Å². The first kappa shape index (κ1) is 10.4. The molecule has 0 aliphatic carbocycles. The lowest BCUT2D eigenvalue weighted by Gasteiger charge is -2.07. The SMILES string of the molecule is O=c1[nH]c(Cl)nc2cc3c(cc12)OCCCO3. The molecule has 2 heterocycles. The van der Waals surface area contributed by atoms with Gasteiger partial charge in [-0.05, 0) is 17.7 Å². The van der Waals surface area contributed by atoms with Gasteiger partial charge in [0.2, 0.25) is 5.28 Å². The fourth-order valence-corrected chi connectivity index (χ4v) is 1.94. The molecular formula is C11H9ClN2O3. The summed E-state index contributed by atoms with van der Waals surface area (Å²) in [6.07, 6.45) is 0.815. The number of hydrogen-bond acceptors (Lipinski definition) is 4. The van der Waals surface area contributed by atoms with Crippen molar-refractivity contribution in [1.29, 1.82) is 0 Å². The molecule has 0 saturated carbocycles. The van der Waals surface area contributed by atoms with E-state index >= 15 is 0 Å². The molecule has 1 N–H and O–H groups in total.